The molecule has 2 nitrogen and oxygen atoms in total. The van der Waals surface area contributed by atoms with E-state index in [0.717, 1.165) is 19.6 Å². The third kappa shape index (κ3) is 3.29. The Morgan fingerprint density at radius 2 is 2.06 bits per heavy atom. The van der Waals surface area contributed by atoms with Crippen LogP contribution >= 0.6 is 0 Å². The van der Waals surface area contributed by atoms with Crippen LogP contribution in [0.4, 0.5) is 4.39 Å². The Hall–Kier alpha value is -0.410. The van der Waals surface area contributed by atoms with Gasteiger partial charge in [0.1, 0.15) is 0 Å². The minimum atomic E-state index is 0.339. The maximum Gasteiger partial charge on any atom is 0.0785 e. The molecule has 96 valence electrons. The molecule has 0 aliphatic carbocycles. The van der Waals surface area contributed by atoms with Gasteiger partial charge in [0.25, 0.3) is 0 Å². The van der Waals surface area contributed by atoms with Crippen LogP contribution in [0.5, 0.6) is 0 Å². The van der Waals surface area contributed by atoms with Crippen molar-refractivity contribution in [3.8, 4) is 0 Å². The summed E-state index contributed by atoms with van der Waals surface area (Å²) in [5, 5.41) is 0. The molecule has 0 saturated carbocycles. The molecule has 0 unspecified atom stereocenters. The van der Waals surface area contributed by atoms with Crippen molar-refractivity contribution in [1.82, 2.24) is 4.90 Å². The van der Waals surface area contributed by atoms with Gasteiger partial charge >= 0.3 is 0 Å². The monoisotopic (exact) mass is 231 g/mol. The van der Waals surface area contributed by atoms with Crippen molar-refractivity contribution in [3.63, 3.8) is 0 Å². The molecule has 3 heteroatoms. The van der Waals surface area contributed by atoms with E-state index in [0.29, 0.717) is 12.7 Å². The quantitative estimate of drug-likeness (QED) is 0.677. The largest absolute Gasteiger partial charge is 0.383 e. The molecule has 0 radical (unpaired) electrons. The molecule has 2 saturated heterocycles. The first-order chi connectivity index (χ1) is 7.77. The fraction of sp³-hybridized carbons (Fsp3) is 0.846. The molecule has 2 aliphatic heterocycles. The average Bonchev–Trinajstić information content (AvgIpc) is 2.80. The Kier molecular flexibility index (Phi) is 7.60. The van der Waals surface area contributed by atoms with Crippen LogP contribution in [0, 0.1) is 0 Å². The maximum atomic E-state index is 9.50. The molecule has 2 fully saturated rings. The van der Waals surface area contributed by atoms with E-state index in [4.69, 9.17) is 4.74 Å². The summed E-state index contributed by atoms with van der Waals surface area (Å²) in [5.41, 5.74) is 1.72. The Morgan fingerprint density at radius 3 is 2.62 bits per heavy atom. The summed E-state index contributed by atoms with van der Waals surface area (Å²) in [5.74, 6) is 0. The van der Waals surface area contributed by atoms with Crippen LogP contribution in [0.15, 0.2) is 12.2 Å². The van der Waals surface area contributed by atoms with Gasteiger partial charge in [0.2, 0.25) is 0 Å². The van der Waals surface area contributed by atoms with Gasteiger partial charge in [0, 0.05) is 19.2 Å². The van der Waals surface area contributed by atoms with E-state index < -0.39 is 0 Å². The lowest BCUT2D eigenvalue weighted by Gasteiger charge is -2.30. The lowest BCUT2D eigenvalue weighted by Crippen LogP contribution is -2.42. The number of alkyl halides is 1. The van der Waals surface area contributed by atoms with Crippen molar-refractivity contribution in [2.24, 2.45) is 0 Å². The number of nitrogens with zero attached hydrogens (tertiary/aromatic N) is 1. The fourth-order valence-corrected chi connectivity index (χ4v) is 2.72. The highest BCUT2D eigenvalue weighted by Crippen LogP contribution is 2.40. The minimum absolute atomic E-state index is 0.339. The summed E-state index contributed by atoms with van der Waals surface area (Å²) in [6, 6.07) is 0. The standard InChI is InChI=1S/C10H17NO.C2H6.CH3F/c1-9-6-10(8-12-2)4-3-5-11(10)7-9;2*1-2/h1,3-8H2,2H3;1-2H3;1H3/t10-;;/m1../s1. The Balaban J connectivity index is 0.000000509. The molecule has 1 atom stereocenters. The molecule has 0 amide bonds. The van der Waals surface area contributed by atoms with E-state index in [1.54, 1.807) is 7.11 Å². The van der Waals surface area contributed by atoms with Crippen molar-refractivity contribution in [2.45, 2.75) is 38.6 Å². The van der Waals surface area contributed by atoms with Gasteiger partial charge in [-0.25, -0.2) is 0 Å². The van der Waals surface area contributed by atoms with Crippen LogP contribution in [-0.4, -0.2) is 44.4 Å². The minimum Gasteiger partial charge on any atom is -0.383 e. The smallest absolute Gasteiger partial charge is 0.0785 e. The van der Waals surface area contributed by atoms with Gasteiger partial charge in [-0.1, -0.05) is 26.0 Å². The van der Waals surface area contributed by atoms with E-state index in [1.807, 2.05) is 13.8 Å². The summed E-state index contributed by atoms with van der Waals surface area (Å²) >= 11 is 0. The summed E-state index contributed by atoms with van der Waals surface area (Å²) in [6.45, 7) is 11.3. The van der Waals surface area contributed by atoms with Gasteiger partial charge < -0.3 is 4.74 Å². The molecule has 16 heavy (non-hydrogen) atoms. The first-order valence-electron chi connectivity index (χ1n) is 6.05. The number of methoxy groups -OCH3 is 1. The fourth-order valence-electron chi connectivity index (χ4n) is 2.72. The second kappa shape index (κ2) is 7.80. The summed E-state index contributed by atoms with van der Waals surface area (Å²) in [6.07, 6.45) is 3.78. The van der Waals surface area contributed by atoms with Gasteiger partial charge in [0.15, 0.2) is 0 Å². The zero-order chi connectivity index (χ0) is 12.6. The molecule has 2 heterocycles. The zero-order valence-corrected chi connectivity index (χ0v) is 11.2. The lowest BCUT2D eigenvalue weighted by molar-refractivity contribution is 0.0656. The molecule has 0 aromatic rings. The van der Waals surface area contributed by atoms with Crippen LogP contribution in [0.25, 0.3) is 0 Å². The third-order valence-electron chi connectivity index (χ3n) is 3.15. The maximum absolute atomic E-state index is 9.50. The molecule has 0 aromatic carbocycles. The molecule has 0 spiro atoms. The second-order valence-electron chi connectivity index (χ2n) is 4.11. The number of fused-ring (bicyclic) bond motifs is 1. The van der Waals surface area contributed by atoms with Crippen molar-refractivity contribution < 1.29 is 9.13 Å². The van der Waals surface area contributed by atoms with E-state index >= 15 is 0 Å². The number of ether oxygens (including phenoxy) is 1. The molecular weight excluding hydrogens is 205 g/mol. The van der Waals surface area contributed by atoms with Crippen molar-refractivity contribution in [1.29, 1.82) is 0 Å². The summed E-state index contributed by atoms with van der Waals surface area (Å²) < 4.78 is 14.8. The molecule has 0 bridgehead atoms. The predicted octanol–water partition coefficient (Wildman–Crippen LogP) is 3.04. The molecular formula is C13H26FNO. The molecule has 2 aliphatic rings. The third-order valence-corrected chi connectivity index (χ3v) is 3.15. The van der Waals surface area contributed by atoms with E-state index in [9.17, 15) is 4.39 Å². The number of hydrogen-bond donors (Lipinski definition) is 0. The second-order valence-corrected chi connectivity index (χ2v) is 4.11. The average molecular weight is 231 g/mol. The van der Waals surface area contributed by atoms with Gasteiger partial charge in [-0.15, -0.1) is 0 Å². The van der Waals surface area contributed by atoms with Crippen molar-refractivity contribution >= 4 is 0 Å². The zero-order valence-electron chi connectivity index (χ0n) is 11.2. The Bertz CT molecular complexity index is 208. The predicted molar refractivity (Wildman–Crippen MR) is 67.6 cm³/mol. The van der Waals surface area contributed by atoms with Crippen LogP contribution in [0.2, 0.25) is 0 Å². The van der Waals surface area contributed by atoms with Gasteiger partial charge in [-0.2, -0.15) is 0 Å². The van der Waals surface area contributed by atoms with Crippen LogP contribution in [-0.2, 0) is 4.74 Å². The van der Waals surface area contributed by atoms with Gasteiger partial charge in [-0.3, -0.25) is 9.29 Å². The summed E-state index contributed by atoms with van der Waals surface area (Å²) in [7, 11) is 2.30. The topological polar surface area (TPSA) is 12.5 Å². The van der Waals surface area contributed by atoms with E-state index in [2.05, 4.69) is 11.5 Å². The van der Waals surface area contributed by atoms with Crippen LogP contribution in [0.3, 0.4) is 0 Å². The van der Waals surface area contributed by atoms with Gasteiger partial charge in [0.05, 0.1) is 13.8 Å². The van der Waals surface area contributed by atoms with E-state index in [1.165, 1.54) is 25.0 Å². The highest BCUT2D eigenvalue weighted by atomic mass is 19.1. The Morgan fingerprint density at radius 1 is 1.44 bits per heavy atom. The summed E-state index contributed by atoms with van der Waals surface area (Å²) in [4.78, 5) is 2.54. The highest BCUT2D eigenvalue weighted by Gasteiger charge is 2.45. The first-order valence-corrected chi connectivity index (χ1v) is 6.05. The SMILES string of the molecule is C=C1CN2CCC[C@]2(COC)C1.CC.CF. The number of hydrogen-bond acceptors (Lipinski definition) is 2. The number of halogens is 1. The molecule has 2 rings (SSSR count). The van der Waals surface area contributed by atoms with Gasteiger partial charge in [-0.05, 0) is 25.8 Å². The first kappa shape index (κ1) is 15.6. The van der Waals surface area contributed by atoms with E-state index in [-0.39, 0.29) is 0 Å². The lowest BCUT2D eigenvalue weighted by atomic mass is 9.94. The normalized spacial score (nSPS) is 27.7. The van der Waals surface area contributed by atoms with Crippen molar-refractivity contribution in [2.75, 3.05) is 34.0 Å². The van der Waals surface area contributed by atoms with Crippen LogP contribution < -0.4 is 0 Å². The highest BCUT2D eigenvalue weighted by molar-refractivity contribution is 5.17. The molecule has 0 aromatic heterocycles. The van der Waals surface area contributed by atoms with Crippen LogP contribution in [0.1, 0.15) is 33.1 Å². The number of rotatable bonds is 2. The van der Waals surface area contributed by atoms with Crippen molar-refractivity contribution in [3.05, 3.63) is 12.2 Å². The molecule has 0 N–H and O–H groups in total. The Labute approximate surface area is 99.5 Å².